The zero-order valence-corrected chi connectivity index (χ0v) is 17.8. The number of nitrogens with zero attached hydrogens (tertiary/aromatic N) is 2. The van der Waals surface area contributed by atoms with E-state index in [4.69, 9.17) is 14.3 Å². The molecule has 2 saturated heterocycles. The van der Waals surface area contributed by atoms with E-state index in [2.05, 4.69) is 10.2 Å². The second-order valence-electron chi connectivity index (χ2n) is 7.92. The van der Waals surface area contributed by atoms with E-state index >= 15 is 0 Å². The lowest BCUT2D eigenvalue weighted by Gasteiger charge is -2.29. The smallest absolute Gasteiger partial charge is 0.255 e. The van der Waals surface area contributed by atoms with Crippen molar-refractivity contribution in [3.63, 3.8) is 0 Å². The van der Waals surface area contributed by atoms with E-state index in [9.17, 15) is 14.4 Å². The number of carbonyl (C=O) groups is 3. The van der Waals surface area contributed by atoms with Crippen molar-refractivity contribution >= 4 is 23.4 Å². The number of piperidine rings is 1. The number of morpholine rings is 1. The molecule has 0 bridgehead atoms. The third-order valence-electron chi connectivity index (χ3n) is 5.70. The van der Waals surface area contributed by atoms with Crippen LogP contribution in [-0.2, 0) is 33.9 Å². The van der Waals surface area contributed by atoms with Crippen molar-refractivity contribution in [1.29, 1.82) is 0 Å². The molecule has 0 unspecified atom stereocenters. The van der Waals surface area contributed by atoms with Crippen LogP contribution in [0.4, 0.5) is 5.69 Å². The average molecular weight is 456 g/mol. The number of benzene rings is 2. The molecule has 2 aromatic carbocycles. The summed E-state index contributed by atoms with van der Waals surface area (Å²) in [7, 11) is 0. The molecule has 0 radical (unpaired) electrons. The molecule has 8 heteroatoms. The van der Waals surface area contributed by atoms with Gasteiger partial charge in [0.1, 0.15) is 6.02 Å². The van der Waals surface area contributed by atoms with Gasteiger partial charge in [0, 0.05) is 61.3 Å². The lowest BCUT2D eigenvalue weighted by molar-refractivity contribution is -0.136. The molecule has 2 aromatic rings. The van der Waals surface area contributed by atoms with Crippen molar-refractivity contribution in [1.82, 2.24) is 15.1 Å². The first-order valence-corrected chi connectivity index (χ1v) is 10.7. The van der Waals surface area contributed by atoms with E-state index in [0.29, 0.717) is 13.2 Å². The van der Waals surface area contributed by atoms with E-state index in [0.717, 1.165) is 30.8 Å². The predicted octanol–water partition coefficient (Wildman–Crippen LogP) is 1.89. The number of anilines is 1. The van der Waals surface area contributed by atoms with Crippen LogP contribution in [0.1, 0.15) is 49.4 Å². The molecule has 2 N–H and O–H groups in total. The van der Waals surface area contributed by atoms with Gasteiger partial charge in [-0.1, -0.05) is 30.3 Å². The van der Waals surface area contributed by atoms with Crippen LogP contribution in [0.2, 0.25) is 0 Å². The molecule has 33 heavy (non-hydrogen) atoms. The van der Waals surface area contributed by atoms with Crippen LogP contribution in [0.15, 0.2) is 42.5 Å². The van der Waals surface area contributed by atoms with Crippen molar-refractivity contribution in [2.24, 2.45) is 0 Å². The first kappa shape index (κ1) is 14.8. The standard InChI is InChI=1S/C25H28N4O4/c30-23-9-8-22(24(31)27-23)29-16-20-19(25(29)32)2-1-3-21(20)26-14-17-4-6-18(7-5-17)15-28-10-12-33-13-11-28/h1-7,22,26H,8-16H2,(H,27,30,31)/t22-/m0/s1/i8D2,9D2,16D2,22D. The highest BCUT2D eigenvalue weighted by Crippen LogP contribution is 2.32. The number of hydrogen-bond acceptors (Lipinski definition) is 6. The lowest BCUT2D eigenvalue weighted by atomic mass is 10.0. The van der Waals surface area contributed by atoms with Crippen LogP contribution < -0.4 is 10.6 Å². The molecule has 5 rings (SSSR count). The largest absolute Gasteiger partial charge is 0.381 e. The maximum Gasteiger partial charge on any atom is 0.255 e. The molecule has 3 amide bonds. The van der Waals surface area contributed by atoms with Gasteiger partial charge in [0.05, 0.1) is 17.3 Å². The fourth-order valence-electron chi connectivity index (χ4n) is 3.94. The average Bonchev–Trinajstić information content (AvgIpc) is 3.12. The van der Waals surface area contributed by atoms with Crippen molar-refractivity contribution in [2.45, 2.75) is 38.4 Å². The number of ether oxygens (including phenoxy) is 1. The molecule has 8 nitrogen and oxygen atoms in total. The molecule has 0 saturated carbocycles. The third kappa shape index (κ3) is 4.62. The Kier molecular flexibility index (Phi) is 4.19. The minimum atomic E-state index is -3.58. The summed E-state index contributed by atoms with van der Waals surface area (Å²) in [6.45, 7) is 1.29. The zero-order valence-electron chi connectivity index (χ0n) is 24.8. The van der Waals surface area contributed by atoms with Crippen LogP contribution in [0.3, 0.4) is 0 Å². The molecule has 0 aliphatic carbocycles. The third-order valence-corrected chi connectivity index (χ3v) is 5.70. The van der Waals surface area contributed by atoms with Gasteiger partial charge in [0.25, 0.3) is 5.91 Å². The number of amides is 3. The van der Waals surface area contributed by atoms with E-state index in [1.54, 1.807) is 5.32 Å². The van der Waals surface area contributed by atoms with Gasteiger partial charge in [-0.2, -0.15) is 0 Å². The van der Waals surface area contributed by atoms with Gasteiger partial charge in [0.2, 0.25) is 11.8 Å². The maximum absolute atomic E-state index is 13.4. The molecule has 3 aliphatic rings. The second-order valence-corrected chi connectivity index (χ2v) is 7.92. The monoisotopic (exact) mass is 455 g/mol. The van der Waals surface area contributed by atoms with Gasteiger partial charge >= 0.3 is 0 Å². The summed E-state index contributed by atoms with van der Waals surface area (Å²) in [5.74, 6) is -4.40. The molecular formula is C25H28N4O4. The summed E-state index contributed by atoms with van der Waals surface area (Å²) in [5, 5.41) is 4.70. The van der Waals surface area contributed by atoms with E-state index < -0.39 is 43.0 Å². The summed E-state index contributed by atoms with van der Waals surface area (Å²) in [5.41, 5.74) is 1.77. The number of hydrogen-bond donors (Lipinski definition) is 2. The Morgan fingerprint density at radius 1 is 1.09 bits per heavy atom. The number of carbonyl (C=O) groups excluding carboxylic acids is 3. The normalized spacial score (nSPS) is 31.1. The minimum Gasteiger partial charge on any atom is -0.381 e. The van der Waals surface area contributed by atoms with Crippen molar-refractivity contribution in [3.8, 4) is 0 Å². The van der Waals surface area contributed by atoms with E-state index in [-0.39, 0.29) is 28.3 Å². The van der Waals surface area contributed by atoms with E-state index in [1.165, 1.54) is 18.2 Å². The summed E-state index contributed by atoms with van der Waals surface area (Å²) >= 11 is 0. The van der Waals surface area contributed by atoms with Gasteiger partial charge in [-0.05, 0) is 29.6 Å². The van der Waals surface area contributed by atoms with Gasteiger partial charge in [-0.25, -0.2) is 0 Å². The Morgan fingerprint density at radius 2 is 1.85 bits per heavy atom. The predicted molar refractivity (Wildman–Crippen MR) is 122 cm³/mol. The summed E-state index contributed by atoms with van der Waals surface area (Å²) in [6.07, 6.45) is -6.98. The highest BCUT2D eigenvalue weighted by Gasteiger charge is 2.39. The van der Waals surface area contributed by atoms with Gasteiger partial charge in [-0.3, -0.25) is 24.6 Å². The van der Waals surface area contributed by atoms with E-state index in [1.807, 2.05) is 24.3 Å². The van der Waals surface area contributed by atoms with Crippen molar-refractivity contribution in [3.05, 3.63) is 64.7 Å². The molecule has 172 valence electrons. The number of nitrogens with one attached hydrogen (secondary N) is 2. The first-order chi connectivity index (χ1) is 18.7. The first-order valence-electron chi connectivity index (χ1n) is 14.2. The molecule has 2 fully saturated rings. The number of rotatable bonds is 6. The highest BCUT2D eigenvalue weighted by atomic mass is 16.5. The zero-order chi connectivity index (χ0) is 29.1. The lowest BCUT2D eigenvalue weighted by Crippen LogP contribution is -2.52. The van der Waals surface area contributed by atoms with Crippen LogP contribution in [0.25, 0.3) is 0 Å². The van der Waals surface area contributed by atoms with Crippen molar-refractivity contribution in [2.75, 3.05) is 31.6 Å². The fourth-order valence-corrected chi connectivity index (χ4v) is 3.94. The highest BCUT2D eigenvalue weighted by molar-refractivity contribution is 6.06. The molecule has 3 aliphatic heterocycles. The summed E-state index contributed by atoms with van der Waals surface area (Å²) in [6, 6.07) is 8.71. The Balaban J connectivity index is 1.41. The summed E-state index contributed by atoms with van der Waals surface area (Å²) in [4.78, 5) is 40.7. The van der Waals surface area contributed by atoms with Gasteiger partial charge in [0.15, 0.2) is 0 Å². The molecule has 1 atom stereocenters. The van der Waals surface area contributed by atoms with Crippen molar-refractivity contribution < 1.29 is 28.7 Å². The van der Waals surface area contributed by atoms with Crippen LogP contribution >= 0.6 is 0 Å². The van der Waals surface area contributed by atoms with Crippen LogP contribution in [0, 0.1) is 0 Å². The van der Waals surface area contributed by atoms with Gasteiger partial charge in [-0.15, -0.1) is 0 Å². The Labute approximate surface area is 202 Å². The Morgan fingerprint density at radius 3 is 2.64 bits per heavy atom. The molecule has 0 aromatic heterocycles. The SMILES string of the molecule is [2H]C1([2H])c2c(NCc3ccc(CN4CCOCC4)cc3)cccc2C(=O)N1[C@]1([2H])C(=O)NC(=O)C([2H])([2H])C1([2H])[2H]. The Hall–Kier alpha value is -3.23. The fraction of sp³-hybridized carbons (Fsp3) is 0.400. The summed E-state index contributed by atoms with van der Waals surface area (Å²) < 4.78 is 64.0. The molecule has 3 heterocycles. The number of imide groups is 1. The minimum absolute atomic E-state index is 0.0931. The quantitative estimate of drug-likeness (QED) is 0.647. The van der Waals surface area contributed by atoms with Gasteiger partial charge < -0.3 is 15.0 Å². The molecular weight excluding hydrogens is 420 g/mol. The second kappa shape index (κ2) is 9.33. The molecule has 0 spiro atoms. The number of fused-ring (bicyclic) bond motifs is 1. The van der Waals surface area contributed by atoms with Crippen LogP contribution in [-0.4, -0.2) is 59.8 Å². The Bertz CT molecular complexity index is 1370. The topological polar surface area (TPSA) is 91.0 Å². The maximum atomic E-state index is 13.4. The van der Waals surface area contributed by atoms with Crippen LogP contribution in [0.5, 0.6) is 0 Å².